The number of nitrogens with one attached hydrogen (secondary N) is 3. The minimum atomic E-state index is -1.13. The molecule has 3 N–H and O–H groups in total. The fourth-order valence-corrected chi connectivity index (χ4v) is 3.60. The fourth-order valence-electron chi connectivity index (χ4n) is 3.60. The summed E-state index contributed by atoms with van der Waals surface area (Å²) < 4.78 is 5.23. The van der Waals surface area contributed by atoms with Crippen molar-refractivity contribution in [2.24, 2.45) is 5.92 Å². The van der Waals surface area contributed by atoms with E-state index in [4.69, 9.17) is 4.74 Å². The lowest BCUT2D eigenvalue weighted by atomic mass is 9.62. The summed E-state index contributed by atoms with van der Waals surface area (Å²) in [7, 11) is 0. The zero-order valence-electron chi connectivity index (χ0n) is 15.3. The third kappa shape index (κ3) is 3.66. The van der Waals surface area contributed by atoms with Gasteiger partial charge in [-0.2, -0.15) is 0 Å². The first-order chi connectivity index (χ1) is 12.2. The molecule has 140 valence electrons. The molecule has 2 fully saturated rings. The molecule has 1 saturated carbocycles. The maximum absolute atomic E-state index is 12.5. The molecule has 26 heavy (non-hydrogen) atoms. The molecule has 1 atom stereocenters. The Balaban J connectivity index is 1.68. The van der Waals surface area contributed by atoms with Gasteiger partial charge in [0.25, 0.3) is 5.91 Å². The van der Waals surface area contributed by atoms with Crippen molar-refractivity contribution in [1.29, 1.82) is 0 Å². The van der Waals surface area contributed by atoms with Crippen LogP contribution in [0.4, 0.5) is 9.59 Å². The van der Waals surface area contributed by atoms with Gasteiger partial charge in [0, 0.05) is 0 Å². The number of hydrogen-bond donors (Lipinski definition) is 3. The van der Waals surface area contributed by atoms with Gasteiger partial charge >= 0.3 is 12.1 Å². The molecule has 1 saturated heterocycles. The Bertz CT molecular complexity index is 707. The number of carbonyl (C=O) groups excluding carboxylic acids is 3. The monoisotopic (exact) mass is 359 g/mol. The summed E-state index contributed by atoms with van der Waals surface area (Å²) in [5.74, 6) is -0.0888. The highest BCUT2D eigenvalue weighted by Gasteiger charge is 2.56. The highest BCUT2D eigenvalue weighted by atomic mass is 16.6. The Kier molecular flexibility index (Phi) is 4.64. The van der Waals surface area contributed by atoms with E-state index in [1.165, 1.54) is 5.56 Å². The van der Waals surface area contributed by atoms with Crippen LogP contribution < -0.4 is 16.0 Å². The SMILES string of the molecule is CC(C)(C)OC(=O)NCC1(C2CC(c3ccccc3)C2)NC(=O)NC1=O. The first kappa shape index (κ1) is 18.2. The van der Waals surface area contributed by atoms with Gasteiger partial charge in [0.1, 0.15) is 11.1 Å². The Morgan fingerprint density at radius 3 is 2.42 bits per heavy atom. The second-order valence-electron chi connectivity index (χ2n) is 8.01. The van der Waals surface area contributed by atoms with Gasteiger partial charge in [0.15, 0.2) is 0 Å². The highest BCUT2D eigenvalue weighted by molar-refractivity contribution is 6.07. The third-order valence-electron chi connectivity index (χ3n) is 4.99. The molecule has 1 aromatic carbocycles. The average Bonchev–Trinajstić information content (AvgIpc) is 2.78. The van der Waals surface area contributed by atoms with E-state index in [1.807, 2.05) is 18.2 Å². The smallest absolute Gasteiger partial charge is 0.407 e. The second-order valence-corrected chi connectivity index (χ2v) is 8.01. The lowest BCUT2D eigenvalue weighted by Gasteiger charge is -2.45. The van der Waals surface area contributed by atoms with Crippen LogP contribution in [0.1, 0.15) is 45.1 Å². The zero-order valence-corrected chi connectivity index (χ0v) is 15.3. The van der Waals surface area contributed by atoms with E-state index < -0.39 is 29.2 Å². The molecule has 0 aromatic heterocycles. The van der Waals surface area contributed by atoms with Crippen LogP contribution in [0.15, 0.2) is 30.3 Å². The van der Waals surface area contributed by atoms with Gasteiger partial charge in [0.2, 0.25) is 0 Å². The maximum Gasteiger partial charge on any atom is 0.407 e. The van der Waals surface area contributed by atoms with Crippen LogP contribution in [0.3, 0.4) is 0 Å². The van der Waals surface area contributed by atoms with Crippen LogP contribution >= 0.6 is 0 Å². The molecular weight excluding hydrogens is 334 g/mol. The average molecular weight is 359 g/mol. The van der Waals surface area contributed by atoms with Gasteiger partial charge in [-0.1, -0.05) is 30.3 Å². The van der Waals surface area contributed by atoms with Crippen molar-refractivity contribution in [3.63, 3.8) is 0 Å². The molecule has 7 heteroatoms. The zero-order chi connectivity index (χ0) is 18.9. The summed E-state index contributed by atoms with van der Waals surface area (Å²) >= 11 is 0. The molecule has 1 unspecified atom stereocenters. The van der Waals surface area contributed by atoms with E-state index >= 15 is 0 Å². The summed E-state index contributed by atoms with van der Waals surface area (Å²) in [6.45, 7) is 5.31. The van der Waals surface area contributed by atoms with Crippen LogP contribution in [0, 0.1) is 5.92 Å². The van der Waals surface area contributed by atoms with Crippen LogP contribution in [0.25, 0.3) is 0 Å². The summed E-state index contributed by atoms with van der Waals surface area (Å²) in [4.78, 5) is 36.2. The van der Waals surface area contributed by atoms with Crippen LogP contribution in [-0.2, 0) is 9.53 Å². The molecule has 1 aliphatic carbocycles. The molecule has 1 aliphatic heterocycles. The summed E-state index contributed by atoms with van der Waals surface area (Å²) in [5, 5.41) is 7.68. The Morgan fingerprint density at radius 2 is 1.88 bits per heavy atom. The topological polar surface area (TPSA) is 96.5 Å². The van der Waals surface area contributed by atoms with Crippen LogP contribution in [0.2, 0.25) is 0 Å². The van der Waals surface area contributed by atoms with Crippen molar-refractivity contribution in [2.45, 2.75) is 50.7 Å². The Labute approximate surface area is 152 Å². The van der Waals surface area contributed by atoms with Crippen molar-refractivity contribution in [1.82, 2.24) is 16.0 Å². The fraction of sp³-hybridized carbons (Fsp3) is 0.526. The van der Waals surface area contributed by atoms with Gasteiger partial charge in [0.05, 0.1) is 6.54 Å². The van der Waals surface area contributed by atoms with E-state index in [9.17, 15) is 14.4 Å². The lowest BCUT2D eigenvalue weighted by molar-refractivity contribution is -0.127. The largest absolute Gasteiger partial charge is 0.444 e. The molecule has 3 rings (SSSR count). The van der Waals surface area contributed by atoms with E-state index in [-0.39, 0.29) is 12.5 Å². The summed E-state index contributed by atoms with van der Waals surface area (Å²) in [6.07, 6.45) is 0.936. The number of amides is 4. The van der Waals surface area contributed by atoms with E-state index in [1.54, 1.807) is 20.8 Å². The number of hydrogen-bond acceptors (Lipinski definition) is 4. The molecule has 1 aromatic rings. The van der Waals surface area contributed by atoms with Crippen LogP contribution in [0.5, 0.6) is 0 Å². The minimum Gasteiger partial charge on any atom is -0.444 e. The van der Waals surface area contributed by atoms with Crippen LogP contribution in [-0.4, -0.2) is 35.7 Å². The molecule has 2 aliphatic rings. The quantitative estimate of drug-likeness (QED) is 0.719. The van der Waals surface area contributed by atoms with Gasteiger partial charge < -0.3 is 15.4 Å². The molecule has 0 bridgehead atoms. The lowest BCUT2D eigenvalue weighted by Crippen LogP contribution is -2.62. The molecule has 0 spiro atoms. The van der Waals surface area contributed by atoms with Gasteiger partial charge in [-0.15, -0.1) is 0 Å². The molecular formula is C19H25N3O4. The summed E-state index contributed by atoms with van der Waals surface area (Å²) in [5.41, 5.74) is -0.532. The Morgan fingerprint density at radius 1 is 1.23 bits per heavy atom. The maximum atomic E-state index is 12.5. The molecule has 4 amide bonds. The first-order valence-corrected chi connectivity index (χ1v) is 8.85. The molecule has 0 radical (unpaired) electrons. The van der Waals surface area contributed by atoms with E-state index in [2.05, 4.69) is 28.1 Å². The highest BCUT2D eigenvalue weighted by Crippen LogP contribution is 2.47. The number of rotatable bonds is 4. The van der Waals surface area contributed by atoms with Crippen molar-refractivity contribution in [3.05, 3.63) is 35.9 Å². The van der Waals surface area contributed by atoms with Gasteiger partial charge in [-0.05, 0) is 51.0 Å². The van der Waals surface area contributed by atoms with E-state index in [0.29, 0.717) is 5.92 Å². The molecule has 1 heterocycles. The number of alkyl carbamates (subject to hydrolysis) is 1. The summed E-state index contributed by atoms with van der Waals surface area (Å²) in [6, 6.07) is 9.57. The van der Waals surface area contributed by atoms with Crippen molar-refractivity contribution >= 4 is 18.0 Å². The second kappa shape index (κ2) is 6.63. The first-order valence-electron chi connectivity index (χ1n) is 8.85. The predicted molar refractivity (Wildman–Crippen MR) is 95.5 cm³/mol. The minimum absolute atomic E-state index is 0.00562. The third-order valence-corrected chi connectivity index (χ3v) is 4.99. The normalized spacial score (nSPS) is 28.0. The number of benzene rings is 1. The van der Waals surface area contributed by atoms with Gasteiger partial charge in [-0.25, -0.2) is 9.59 Å². The number of urea groups is 1. The number of carbonyl (C=O) groups is 3. The molecule has 7 nitrogen and oxygen atoms in total. The number of imide groups is 1. The van der Waals surface area contributed by atoms with Crippen molar-refractivity contribution in [3.8, 4) is 0 Å². The van der Waals surface area contributed by atoms with E-state index in [0.717, 1.165) is 12.8 Å². The predicted octanol–water partition coefficient (Wildman–Crippen LogP) is 2.28. The standard InChI is InChI=1S/C19H25N3O4/c1-18(2,3)26-17(25)20-11-19(15(23)21-16(24)22-19)14-9-13(10-14)12-7-5-4-6-8-12/h4-8,13-14H,9-11H2,1-3H3,(H,20,25)(H2,21,22,23,24). The Hall–Kier alpha value is -2.57. The van der Waals surface area contributed by atoms with Crippen molar-refractivity contribution < 1.29 is 19.1 Å². The number of ether oxygens (including phenoxy) is 1. The van der Waals surface area contributed by atoms with Gasteiger partial charge in [-0.3, -0.25) is 10.1 Å². The van der Waals surface area contributed by atoms with Crippen molar-refractivity contribution in [2.75, 3.05) is 6.54 Å².